The monoisotopic (exact) mass is 253 g/mol. The standard InChI is InChI=1S/C15H27NO2/c1-13(2,3)18-12(17)16-10-15(6)8-11(16)7-14(4,5)9-15/h11H,7-10H2,1-6H3. The average molecular weight is 253 g/mol. The van der Waals surface area contributed by atoms with Gasteiger partial charge in [-0.3, -0.25) is 0 Å². The minimum atomic E-state index is -0.399. The molecule has 3 heteroatoms. The lowest BCUT2D eigenvalue weighted by Crippen LogP contribution is -2.40. The van der Waals surface area contributed by atoms with E-state index in [-0.39, 0.29) is 11.5 Å². The Bertz CT molecular complexity index is 356. The quantitative estimate of drug-likeness (QED) is 0.656. The fraction of sp³-hybridized carbons (Fsp3) is 0.933. The van der Waals surface area contributed by atoms with Crippen LogP contribution in [0.4, 0.5) is 4.79 Å². The zero-order valence-corrected chi connectivity index (χ0v) is 12.7. The zero-order chi connectivity index (χ0) is 13.8. The second kappa shape index (κ2) is 3.88. The van der Waals surface area contributed by atoms with E-state index in [1.54, 1.807) is 0 Å². The van der Waals surface area contributed by atoms with Crippen LogP contribution >= 0.6 is 0 Å². The normalized spacial score (nSPS) is 34.6. The number of amides is 1. The van der Waals surface area contributed by atoms with E-state index in [0.717, 1.165) is 19.4 Å². The van der Waals surface area contributed by atoms with Gasteiger partial charge in [-0.2, -0.15) is 0 Å². The highest BCUT2D eigenvalue weighted by Crippen LogP contribution is 2.52. The summed E-state index contributed by atoms with van der Waals surface area (Å²) in [5.74, 6) is 0. The van der Waals surface area contributed by atoms with Crippen molar-refractivity contribution in [3.63, 3.8) is 0 Å². The Kier molecular flexibility index (Phi) is 2.95. The van der Waals surface area contributed by atoms with Crippen molar-refractivity contribution in [2.24, 2.45) is 10.8 Å². The Balaban J connectivity index is 2.11. The van der Waals surface area contributed by atoms with Crippen LogP contribution in [-0.4, -0.2) is 29.2 Å². The SMILES string of the molecule is CC1(C)CC2CC(C)(CN2C(=O)OC(C)(C)C)C1. The molecule has 1 heterocycles. The highest BCUT2D eigenvalue weighted by atomic mass is 16.6. The number of hydrogen-bond acceptors (Lipinski definition) is 2. The van der Waals surface area contributed by atoms with Gasteiger partial charge in [0.05, 0.1) is 0 Å². The number of ether oxygens (including phenoxy) is 1. The molecule has 2 bridgehead atoms. The van der Waals surface area contributed by atoms with Gasteiger partial charge in [0, 0.05) is 12.6 Å². The molecule has 0 N–H and O–H groups in total. The van der Waals surface area contributed by atoms with Gasteiger partial charge in [0.1, 0.15) is 5.60 Å². The van der Waals surface area contributed by atoms with Gasteiger partial charge in [-0.1, -0.05) is 20.8 Å². The van der Waals surface area contributed by atoms with Crippen LogP contribution in [0.2, 0.25) is 0 Å². The van der Waals surface area contributed by atoms with Gasteiger partial charge in [0.15, 0.2) is 0 Å². The van der Waals surface area contributed by atoms with Crippen LogP contribution in [0.1, 0.15) is 60.8 Å². The summed E-state index contributed by atoms with van der Waals surface area (Å²) in [6.45, 7) is 13.6. The highest BCUT2D eigenvalue weighted by Gasteiger charge is 2.51. The fourth-order valence-corrected chi connectivity index (χ4v) is 3.99. The van der Waals surface area contributed by atoms with Gasteiger partial charge >= 0.3 is 6.09 Å². The van der Waals surface area contributed by atoms with Gasteiger partial charge in [-0.05, 0) is 50.9 Å². The Morgan fingerprint density at radius 1 is 1.22 bits per heavy atom. The van der Waals surface area contributed by atoms with E-state index in [4.69, 9.17) is 4.74 Å². The topological polar surface area (TPSA) is 29.5 Å². The molecular weight excluding hydrogens is 226 g/mol. The van der Waals surface area contributed by atoms with E-state index in [1.165, 1.54) is 6.42 Å². The molecule has 18 heavy (non-hydrogen) atoms. The van der Waals surface area contributed by atoms with Crippen molar-refractivity contribution in [2.45, 2.75) is 72.4 Å². The van der Waals surface area contributed by atoms with Crippen LogP contribution in [0.15, 0.2) is 0 Å². The Labute approximate surface area is 111 Å². The first-order valence-corrected chi connectivity index (χ1v) is 6.99. The Hall–Kier alpha value is -0.730. The smallest absolute Gasteiger partial charge is 0.410 e. The molecule has 1 saturated heterocycles. The lowest BCUT2D eigenvalue weighted by molar-refractivity contribution is 0.0204. The number of carbonyl (C=O) groups is 1. The first-order valence-electron chi connectivity index (χ1n) is 6.99. The molecule has 1 saturated carbocycles. The van der Waals surface area contributed by atoms with Crippen LogP contribution < -0.4 is 0 Å². The lowest BCUT2D eigenvalue weighted by Gasteiger charge is -2.39. The maximum atomic E-state index is 12.3. The van der Waals surface area contributed by atoms with Crippen molar-refractivity contribution >= 4 is 6.09 Å². The van der Waals surface area contributed by atoms with Crippen LogP contribution in [0.5, 0.6) is 0 Å². The second-order valence-electron chi connectivity index (χ2n) is 8.32. The summed E-state index contributed by atoms with van der Waals surface area (Å²) in [6, 6.07) is 0.369. The Morgan fingerprint density at radius 3 is 2.39 bits per heavy atom. The van der Waals surface area contributed by atoms with Gasteiger partial charge in [0.25, 0.3) is 0 Å². The van der Waals surface area contributed by atoms with Gasteiger partial charge in [-0.15, -0.1) is 0 Å². The molecule has 0 aromatic carbocycles. The summed E-state index contributed by atoms with van der Waals surface area (Å²) in [5.41, 5.74) is 0.224. The van der Waals surface area contributed by atoms with E-state index in [2.05, 4.69) is 20.8 Å². The predicted molar refractivity (Wildman–Crippen MR) is 72.5 cm³/mol. The molecule has 0 aromatic heterocycles. The largest absolute Gasteiger partial charge is 0.444 e. The highest BCUT2D eigenvalue weighted by molar-refractivity contribution is 5.69. The zero-order valence-electron chi connectivity index (χ0n) is 12.7. The molecule has 104 valence electrons. The third-order valence-electron chi connectivity index (χ3n) is 4.04. The molecule has 2 atom stereocenters. The molecule has 2 unspecified atom stereocenters. The minimum absolute atomic E-state index is 0.131. The number of hydrogen-bond donors (Lipinski definition) is 0. The third kappa shape index (κ3) is 2.81. The van der Waals surface area contributed by atoms with Crippen molar-refractivity contribution < 1.29 is 9.53 Å². The van der Waals surface area contributed by atoms with E-state index in [1.807, 2.05) is 25.7 Å². The second-order valence-corrected chi connectivity index (χ2v) is 8.32. The number of nitrogens with zero attached hydrogens (tertiary/aromatic N) is 1. The first-order chi connectivity index (χ1) is 8.00. The summed E-state index contributed by atoms with van der Waals surface area (Å²) in [6.07, 6.45) is 3.31. The van der Waals surface area contributed by atoms with E-state index in [0.29, 0.717) is 11.5 Å². The van der Waals surface area contributed by atoms with Crippen molar-refractivity contribution in [3.05, 3.63) is 0 Å². The Morgan fingerprint density at radius 2 is 1.83 bits per heavy atom. The van der Waals surface area contributed by atoms with Crippen molar-refractivity contribution in [2.75, 3.05) is 6.54 Å². The number of rotatable bonds is 0. The maximum absolute atomic E-state index is 12.3. The molecule has 2 aliphatic rings. The van der Waals surface area contributed by atoms with Crippen LogP contribution in [0.3, 0.4) is 0 Å². The maximum Gasteiger partial charge on any atom is 0.410 e. The molecule has 0 spiro atoms. The molecule has 2 rings (SSSR count). The summed E-state index contributed by atoms with van der Waals surface area (Å²) in [7, 11) is 0. The molecule has 1 amide bonds. The molecule has 1 aliphatic heterocycles. The predicted octanol–water partition coefficient (Wildman–Crippen LogP) is 3.82. The number of carbonyl (C=O) groups excluding carboxylic acids is 1. The van der Waals surface area contributed by atoms with E-state index < -0.39 is 5.60 Å². The summed E-state index contributed by atoms with van der Waals surface area (Å²) in [4.78, 5) is 14.2. The fourth-order valence-electron chi connectivity index (χ4n) is 3.99. The third-order valence-corrected chi connectivity index (χ3v) is 4.04. The number of likely N-dealkylation sites (tertiary alicyclic amines) is 1. The van der Waals surface area contributed by atoms with Crippen LogP contribution in [0.25, 0.3) is 0 Å². The average Bonchev–Trinajstić information content (AvgIpc) is 2.31. The van der Waals surface area contributed by atoms with Crippen LogP contribution in [0, 0.1) is 10.8 Å². The molecule has 0 aromatic rings. The molecule has 0 radical (unpaired) electrons. The van der Waals surface area contributed by atoms with Gasteiger partial charge in [-0.25, -0.2) is 4.79 Å². The summed E-state index contributed by atoms with van der Waals surface area (Å²) >= 11 is 0. The molecule has 3 nitrogen and oxygen atoms in total. The van der Waals surface area contributed by atoms with E-state index in [9.17, 15) is 4.79 Å². The number of fused-ring (bicyclic) bond motifs is 2. The lowest BCUT2D eigenvalue weighted by atomic mass is 9.65. The van der Waals surface area contributed by atoms with Crippen molar-refractivity contribution in [1.82, 2.24) is 4.90 Å². The first kappa shape index (κ1) is 13.7. The van der Waals surface area contributed by atoms with E-state index >= 15 is 0 Å². The molecule has 2 fully saturated rings. The molecular formula is C15H27NO2. The summed E-state index contributed by atoms with van der Waals surface area (Å²) < 4.78 is 5.53. The molecule has 1 aliphatic carbocycles. The summed E-state index contributed by atoms with van der Waals surface area (Å²) in [5, 5.41) is 0. The van der Waals surface area contributed by atoms with Gasteiger partial charge < -0.3 is 9.64 Å². The van der Waals surface area contributed by atoms with Crippen molar-refractivity contribution in [3.8, 4) is 0 Å². The van der Waals surface area contributed by atoms with Crippen molar-refractivity contribution in [1.29, 1.82) is 0 Å². The minimum Gasteiger partial charge on any atom is -0.444 e. The van der Waals surface area contributed by atoms with Gasteiger partial charge in [0.2, 0.25) is 0 Å². The van der Waals surface area contributed by atoms with Crippen LogP contribution in [-0.2, 0) is 4.74 Å².